The van der Waals surface area contributed by atoms with Crippen LogP contribution in [0.4, 0.5) is 0 Å². The maximum absolute atomic E-state index is 9.44. The Balaban J connectivity index is 0. The lowest BCUT2D eigenvalue weighted by atomic mass is 10.4. The van der Waals surface area contributed by atoms with Crippen molar-refractivity contribution in [2.24, 2.45) is 0 Å². The maximum atomic E-state index is 9.44. The van der Waals surface area contributed by atoms with Crippen molar-refractivity contribution in [2.45, 2.75) is 33.5 Å². The Kier molecular flexibility index (Phi) is 7.57. The van der Waals surface area contributed by atoms with Crippen LogP contribution in [0.5, 0.6) is 0 Å². The molecule has 11 heavy (non-hydrogen) atoms. The quantitative estimate of drug-likeness (QED) is 0.579. The highest BCUT2D eigenvalue weighted by molar-refractivity contribution is 5.72. The molecule has 0 saturated heterocycles. The van der Waals surface area contributed by atoms with Crippen molar-refractivity contribution in [1.82, 2.24) is 0 Å². The number of ether oxygens (including phenoxy) is 2. The molecule has 0 spiro atoms. The van der Waals surface area contributed by atoms with Gasteiger partial charge in [-0.1, -0.05) is 0 Å². The van der Waals surface area contributed by atoms with E-state index in [4.69, 9.17) is 9.47 Å². The summed E-state index contributed by atoms with van der Waals surface area (Å²) in [5, 5.41) is 0. The van der Waals surface area contributed by atoms with E-state index in [1.54, 1.807) is 14.2 Å². The van der Waals surface area contributed by atoms with Crippen molar-refractivity contribution in [3.05, 3.63) is 0 Å². The van der Waals surface area contributed by atoms with Gasteiger partial charge < -0.3 is 14.3 Å². The van der Waals surface area contributed by atoms with E-state index in [0.29, 0.717) is 0 Å². The van der Waals surface area contributed by atoms with E-state index in [2.05, 4.69) is 0 Å². The smallest absolute Gasteiger partial charge is 0.161 e. The molecule has 0 aliphatic carbocycles. The van der Waals surface area contributed by atoms with E-state index in [1.807, 2.05) is 13.8 Å². The molecular weight excluding hydrogens is 144 g/mol. The molecular formula is C8H18O3. The largest absolute Gasteiger partial charge is 0.354 e. The Hall–Kier alpha value is -0.410. The summed E-state index contributed by atoms with van der Waals surface area (Å²) in [4.78, 5) is 9.44. The molecule has 0 amide bonds. The molecule has 68 valence electrons. The van der Waals surface area contributed by atoms with E-state index in [0.717, 1.165) is 0 Å². The van der Waals surface area contributed by atoms with Gasteiger partial charge in [-0.3, -0.25) is 0 Å². The zero-order chi connectivity index (χ0) is 9.49. The first kappa shape index (κ1) is 13.2. The number of carbonyl (C=O) groups is 1. The van der Waals surface area contributed by atoms with Crippen LogP contribution in [0.1, 0.15) is 27.7 Å². The third-order valence-electron chi connectivity index (χ3n) is 0.983. The highest BCUT2D eigenvalue weighted by Crippen LogP contribution is 2.05. The Labute approximate surface area is 68.7 Å². The minimum absolute atomic E-state index is 0.167. The third-order valence-corrected chi connectivity index (χ3v) is 0.983. The van der Waals surface area contributed by atoms with Gasteiger partial charge in [0.1, 0.15) is 5.78 Å². The van der Waals surface area contributed by atoms with Crippen LogP contribution in [0.25, 0.3) is 0 Å². The van der Waals surface area contributed by atoms with Crippen molar-refractivity contribution in [3.63, 3.8) is 0 Å². The molecule has 0 radical (unpaired) electrons. The zero-order valence-electron chi connectivity index (χ0n) is 8.22. The minimum Gasteiger partial charge on any atom is -0.354 e. The summed E-state index contributed by atoms with van der Waals surface area (Å²) in [5.41, 5.74) is 0. The topological polar surface area (TPSA) is 35.5 Å². The number of hydrogen-bond acceptors (Lipinski definition) is 3. The van der Waals surface area contributed by atoms with Gasteiger partial charge in [-0.15, -0.1) is 0 Å². The van der Waals surface area contributed by atoms with Gasteiger partial charge >= 0.3 is 0 Å². The van der Waals surface area contributed by atoms with Crippen molar-refractivity contribution in [2.75, 3.05) is 14.2 Å². The van der Waals surface area contributed by atoms with Crippen molar-refractivity contribution in [1.29, 1.82) is 0 Å². The molecule has 0 heterocycles. The number of carbonyl (C=O) groups excluding carboxylic acids is 1. The number of ketones is 1. The summed E-state index contributed by atoms with van der Waals surface area (Å²) < 4.78 is 9.73. The first-order valence-corrected chi connectivity index (χ1v) is 3.43. The van der Waals surface area contributed by atoms with Crippen LogP contribution in [0.2, 0.25) is 0 Å². The predicted molar refractivity (Wildman–Crippen MR) is 44.5 cm³/mol. The molecule has 3 heteroatoms. The summed E-state index contributed by atoms with van der Waals surface area (Å²) >= 11 is 0. The lowest BCUT2D eigenvalue weighted by molar-refractivity contribution is -0.178. The molecule has 0 N–H and O–H groups in total. The second-order valence-electron chi connectivity index (χ2n) is 2.72. The zero-order valence-corrected chi connectivity index (χ0v) is 8.22. The SMILES string of the molecule is CC(C)=O.COC(C)(C)OC. The van der Waals surface area contributed by atoms with Crippen LogP contribution in [0, 0.1) is 0 Å². The maximum Gasteiger partial charge on any atom is 0.161 e. The van der Waals surface area contributed by atoms with Crippen LogP contribution < -0.4 is 0 Å². The predicted octanol–water partition coefficient (Wildman–Crippen LogP) is 1.61. The second kappa shape index (κ2) is 6.31. The third kappa shape index (κ3) is 17.7. The van der Waals surface area contributed by atoms with Gasteiger partial charge in [-0.05, 0) is 27.7 Å². The molecule has 0 aromatic rings. The van der Waals surface area contributed by atoms with Crippen LogP contribution in [0.15, 0.2) is 0 Å². The van der Waals surface area contributed by atoms with Gasteiger partial charge in [0.2, 0.25) is 0 Å². The highest BCUT2D eigenvalue weighted by Gasteiger charge is 2.11. The number of methoxy groups -OCH3 is 2. The average molecular weight is 162 g/mol. The van der Waals surface area contributed by atoms with Crippen molar-refractivity contribution in [3.8, 4) is 0 Å². The highest BCUT2D eigenvalue weighted by atomic mass is 16.7. The van der Waals surface area contributed by atoms with E-state index in [1.165, 1.54) is 13.8 Å². The molecule has 0 atom stereocenters. The average Bonchev–Trinajstić information content (AvgIpc) is 1.87. The van der Waals surface area contributed by atoms with E-state index in [9.17, 15) is 4.79 Å². The summed E-state index contributed by atoms with van der Waals surface area (Å²) in [6, 6.07) is 0. The normalized spacial score (nSPS) is 10.0. The fourth-order valence-electron chi connectivity index (χ4n) is 0.0833. The number of hydrogen-bond donors (Lipinski definition) is 0. The first-order valence-electron chi connectivity index (χ1n) is 3.43. The molecule has 0 fully saturated rings. The van der Waals surface area contributed by atoms with Gasteiger partial charge in [0.05, 0.1) is 0 Å². The molecule has 0 aliphatic heterocycles. The van der Waals surface area contributed by atoms with Gasteiger partial charge in [-0.2, -0.15) is 0 Å². The lowest BCUT2D eigenvalue weighted by Crippen LogP contribution is -2.24. The summed E-state index contributed by atoms with van der Waals surface area (Å²) in [5.74, 6) is -0.250. The van der Waals surface area contributed by atoms with Crippen LogP contribution in [-0.4, -0.2) is 25.8 Å². The van der Waals surface area contributed by atoms with Crippen molar-refractivity contribution >= 4 is 5.78 Å². The molecule has 3 nitrogen and oxygen atoms in total. The fraction of sp³-hybridized carbons (Fsp3) is 0.875. The molecule has 0 aliphatic rings. The minimum atomic E-state index is -0.417. The summed E-state index contributed by atoms with van der Waals surface area (Å²) in [6.45, 7) is 6.76. The van der Waals surface area contributed by atoms with Crippen molar-refractivity contribution < 1.29 is 14.3 Å². The van der Waals surface area contributed by atoms with Crippen LogP contribution in [-0.2, 0) is 14.3 Å². The van der Waals surface area contributed by atoms with Gasteiger partial charge in [0.25, 0.3) is 0 Å². The number of Topliss-reactive ketones (excluding diaryl/α,β-unsaturated/α-hetero) is 1. The first-order chi connectivity index (χ1) is 4.85. The standard InChI is InChI=1S/C5H12O2.C3H6O/c1-5(2,6-3)7-4;1-3(2)4/h1-4H3;1-2H3. The Bertz CT molecular complexity index is 97.9. The number of rotatable bonds is 2. The van der Waals surface area contributed by atoms with E-state index < -0.39 is 5.79 Å². The fourth-order valence-corrected chi connectivity index (χ4v) is 0.0833. The molecule has 0 aromatic heterocycles. The molecule has 0 aromatic carbocycles. The van der Waals surface area contributed by atoms with E-state index in [-0.39, 0.29) is 5.78 Å². The van der Waals surface area contributed by atoms with E-state index >= 15 is 0 Å². The van der Waals surface area contributed by atoms with Gasteiger partial charge in [0, 0.05) is 14.2 Å². The van der Waals surface area contributed by atoms with Crippen LogP contribution >= 0.6 is 0 Å². The Morgan fingerprint density at radius 2 is 1.27 bits per heavy atom. The summed E-state index contributed by atoms with van der Waals surface area (Å²) in [7, 11) is 3.23. The Morgan fingerprint density at radius 3 is 1.27 bits per heavy atom. The van der Waals surface area contributed by atoms with Gasteiger partial charge in [-0.25, -0.2) is 0 Å². The molecule has 0 bridgehead atoms. The molecule has 0 saturated carbocycles. The monoisotopic (exact) mass is 162 g/mol. The summed E-state index contributed by atoms with van der Waals surface area (Å²) in [6.07, 6.45) is 0. The second-order valence-corrected chi connectivity index (χ2v) is 2.72. The Morgan fingerprint density at radius 1 is 1.09 bits per heavy atom. The molecule has 0 rings (SSSR count). The van der Waals surface area contributed by atoms with Gasteiger partial charge in [0.15, 0.2) is 5.79 Å². The van der Waals surface area contributed by atoms with Crippen LogP contribution in [0.3, 0.4) is 0 Å². The lowest BCUT2D eigenvalue weighted by Gasteiger charge is -2.19. The molecule has 0 unspecified atom stereocenters.